The molecule has 4 N–H and O–H groups in total. The molecule has 0 aliphatic carbocycles. The van der Waals surface area contributed by atoms with Crippen LogP contribution in [-0.4, -0.2) is 23.8 Å². The van der Waals surface area contributed by atoms with Gasteiger partial charge in [0, 0.05) is 30.3 Å². The van der Waals surface area contributed by atoms with Crippen LogP contribution in [0.2, 0.25) is 5.02 Å². The van der Waals surface area contributed by atoms with Crippen molar-refractivity contribution in [2.45, 2.75) is 32.4 Å². The smallest absolute Gasteiger partial charge is 0.103 e. The van der Waals surface area contributed by atoms with E-state index < -0.39 is 5.60 Å². The SMILES string of the molecule is CC(C)(O)C1CCN(c2cccc(Cl)c2C[NH3+])C1. The van der Waals surface area contributed by atoms with E-state index in [0.717, 1.165) is 30.1 Å². The summed E-state index contributed by atoms with van der Waals surface area (Å²) in [6.45, 7) is 6.33. The Hall–Kier alpha value is -0.770. The van der Waals surface area contributed by atoms with E-state index in [2.05, 4.69) is 16.7 Å². The molecule has 0 spiro atoms. The third kappa shape index (κ3) is 2.63. The van der Waals surface area contributed by atoms with Crippen LogP contribution in [0.15, 0.2) is 18.2 Å². The Morgan fingerprint density at radius 3 is 2.78 bits per heavy atom. The van der Waals surface area contributed by atoms with Crippen LogP contribution in [-0.2, 0) is 6.54 Å². The maximum absolute atomic E-state index is 10.1. The van der Waals surface area contributed by atoms with Gasteiger partial charge in [0.2, 0.25) is 0 Å². The highest BCUT2D eigenvalue weighted by atomic mass is 35.5. The van der Waals surface area contributed by atoms with Crippen LogP contribution < -0.4 is 10.6 Å². The summed E-state index contributed by atoms with van der Waals surface area (Å²) in [5, 5.41) is 10.9. The minimum Gasteiger partial charge on any atom is -0.390 e. The molecular weight excluding hydrogens is 248 g/mol. The highest BCUT2D eigenvalue weighted by Gasteiger charge is 2.34. The Labute approximate surface area is 114 Å². The standard InChI is InChI=1S/C14H21ClN2O/c1-14(2,18)10-6-7-17(9-10)13-5-3-4-12(15)11(13)8-16/h3-5,10,18H,6-9,16H2,1-2H3/p+1. The van der Waals surface area contributed by atoms with E-state index in [-0.39, 0.29) is 0 Å². The van der Waals surface area contributed by atoms with Crippen molar-refractivity contribution in [1.29, 1.82) is 0 Å². The van der Waals surface area contributed by atoms with Crippen LogP contribution >= 0.6 is 11.6 Å². The minimum atomic E-state index is -0.613. The summed E-state index contributed by atoms with van der Waals surface area (Å²) in [7, 11) is 0. The van der Waals surface area contributed by atoms with Gasteiger partial charge in [-0.1, -0.05) is 17.7 Å². The van der Waals surface area contributed by atoms with Gasteiger partial charge in [0.1, 0.15) is 6.54 Å². The Morgan fingerprint density at radius 2 is 2.22 bits per heavy atom. The molecule has 1 aromatic rings. The quantitative estimate of drug-likeness (QED) is 0.877. The first kappa shape index (κ1) is 13.7. The summed E-state index contributed by atoms with van der Waals surface area (Å²) in [4.78, 5) is 2.31. The molecule has 1 aliphatic heterocycles. The molecule has 1 aromatic carbocycles. The lowest BCUT2D eigenvalue weighted by atomic mass is 9.90. The van der Waals surface area contributed by atoms with Gasteiger partial charge < -0.3 is 15.7 Å². The zero-order valence-corrected chi connectivity index (χ0v) is 11.9. The number of halogens is 1. The van der Waals surface area contributed by atoms with Crippen LogP contribution in [0.1, 0.15) is 25.8 Å². The first-order valence-electron chi connectivity index (χ1n) is 6.47. The molecule has 0 radical (unpaired) electrons. The van der Waals surface area contributed by atoms with E-state index in [0.29, 0.717) is 12.5 Å². The molecule has 0 saturated carbocycles. The van der Waals surface area contributed by atoms with Crippen molar-refractivity contribution < 1.29 is 10.8 Å². The van der Waals surface area contributed by atoms with Gasteiger partial charge in [0.05, 0.1) is 10.6 Å². The molecule has 0 aromatic heterocycles. The van der Waals surface area contributed by atoms with Gasteiger partial charge in [-0.2, -0.15) is 0 Å². The molecule has 1 unspecified atom stereocenters. The molecule has 4 heteroatoms. The van der Waals surface area contributed by atoms with Gasteiger partial charge >= 0.3 is 0 Å². The number of aliphatic hydroxyl groups is 1. The maximum atomic E-state index is 10.1. The fourth-order valence-electron chi connectivity index (χ4n) is 2.65. The van der Waals surface area contributed by atoms with Crippen molar-refractivity contribution in [3.63, 3.8) is 0 Å². The van der Waals surface area contributed by atoms with Crippen LogP contribution in [0.3, 0.4) is 0 Å². The van der Waals surface area contributed by atoms with Gasteiger partial charge in [-0.05, 0) is 32.4 Å². The molecule has 2 rings (SSSR count). The van der Waals surface area contributed by atoms with Crippen LogP contribution in [0.4, 0.5) is 5.69 Å². The van der Waals surface area contributed by atoms with Gasteiger partial charge in [-0.3, -0.25) is 0 Å². The first-order valence-corrected chi connectivity index (χ1v) is 6.85. The molecule has 1 saturated heterocycles. The van der Waals surface area contributed by atoms with Crippen LogP contribution in [0.5, 0.6) is 0 Å². The lowest BCUT2D eigenvalue weighted by molar-refractivity contribution is -0.386. The molecular formula is C14H22ClN2O+. The molecule has 1 atom stereocenters. The van der Waals surface area contributed by atoms with E-state index in [4.69, 9.17) is 11.6 Å². The third-order valence-corrected chi connectivity index (χ3v) is 4.23. The average molecular weight is 270 g/mol. The number of hydrogen-bond acceptors (Lipinski definition) is 2. The maximum Gasteiger partial charge on any atom is 0.103 e. The Kier molecular flexibility index (Phi) is 3.85. The zero-order chi connectivity index (χ0) is 13.3. The van der Waals surface area contributed by atoms with Crippen molar-refractivity contribution in [2.75, 3.05) is 18.0 Å². The molecule has 3 nitrogen and oxygen atoms in total. The lowest BCUT2D eigenvalue weighted by Crippen LogP contribution is -2.48. The normalized spacial score (nSPS) is 20.5. The molecule has 1 heterocycles. The fourth-order valence-corrected chi connectivity index (χ4v) is 2.91. The van der Waals surface area contributed by atoms with E-state index in [1.165, 1.54) is 5.69 Å². The molecule has 0 amide bonds. The number of benzene rings is 1. The van der Waals surface area contributed by atoms with Crippen molar-refractivity contribution in [3.8, 4) is 0 Å². The zero-order valence-electron chi connectivity index (χ0n) is 11.1. The van der Waals surface area contributed by atoms with Crippen LogP contribution in [0, 0.1) is 5.92 Å². The Bertz CT molecular complexity index is 428. The van der Waals surface area contributed by atoms with E-state index in [1.807, 2.05) is 26.0 Å². The van der Waals surface area contributed by atoms with E-state index >= 15 is 0 Å². The minimum absolute atomic E-state index is 0.314. The summed E-state index contributed by atoms with van der Waals surface area (Å²) in [6.07, 6.45) is 1.02. The second-order valence-corrected chi connectivity index (χ2v) is 5.98. The topological polar surface area (TPSA) is 51.1 Å². The predicted octanol–water partition coefficient (Wildman–Crippen LogP) is 1.68. The van der Waals surface area contributed by atoms with Gasteiger partial charge in [0.15, 0.2) is 0 Å². The van der Waals surface area contributed by atoms with E-state index in [1.54, 1.807) is 0 Å². The average Bonchev–Trinajstić information content (AvgIpc) is 2.77. The van der Waals surface area contributed by atoms with Crippen molar-refractivity contribution >= 4 is 17.3 Å². The molecule has 18 heavy (non-hydrogen) atoms. The summed E-state index contributed by atoms with van der Waals surface area (Å²) in [5.74, 6) is 0.314. The lowest BCUT2D eigenvalue weighted by Gasteiger charge is -2.27. The highest BCUT2D eigenvalue weighted by Crippen LogP contribution is 2.34. The van der Waals surface area contributed by atoms with Gasteiger partial charge in [-0.15, -0.1) is 0 Å². The molecule has 1 fully saturated rings. The number of rotatable bonds is 3. The first-order chi connectivity index (χ1) is 8.43. The number of hydrogen-bond donors (Lipinski definition) is 2. The summed E-state index contributed by atoms with van der Waals surface area (Å²) in [6, 6.07) is 5.99. The number of quaternary nitrogens is 1. The highest BCUT2D eigenvalue weighted by molar-refractivity contribution is 6.31. The van der Waals surface area contributed by atoms with Crippen LogP contribution in [0.25, 0.3) is 0 Å². The fraction of sp³-hybridized carbons (Fsp3) is 0.571. The summed E-state index contributed by atoms with van der Waals surface area (Å²) < 4.78 is 0. The van der Waals surface area contributed by atoms with Gasteiger partial charge in [-0.25, -0.2) is 0 Å². The Morgan fingerprint density at radius 1 is 1.50 bits per heavy atom. The summed E-state index contributed by atoms with van der Waals surface area (Å²) in [5.41, 5.74) is 5.62. The third-order valence-electron chi connectivity index (χ3n) is 3.87. The second kappa shape index (κ2) is 5.08. The largest absolute Gasteiger partial charge is 0.390 e. The Balaban J connectivity index is 2.22. The predicted molar refractivity (Wildman–Crippen MR) is 74.7 cm³/mol. The monoisotopic (exact) mass is 269 g/mol. The number of anilines is 1. The van der Waals surface area contributed by atoms with Crippen molar-refractivity contribution in [3.05, 3.63) is 28.8 Å². The number of nitrogens with zero attached hydrogens (tertiary/aromatic N) is 1. The molecule has 0 bridgehead atoms. The van der Waals surface area contributed by atoms with Crippen molar-refractivity contribution in [1.82, 2.24) is 0 Å². The molecule has 100 valence electrons. The molecule has 1 aliphatic rings. The van der Waals surface area contributed by atoms with E-state index in [9.17, 15) is 5.11 Å². The summed E-state index contributed by atoms with van der Waals surface area (Å²) >= 11 is 6.22. The second-order valence-electron chi connectivity index (χ2n) is 5.57. The van der Waals surface area contributed by atoms with Crippen molar-refractivity contribution in [2.24, 2.45) is 5.92 Å². The van der Waals surface area contributed by atoms with Gasteiger partial charge in [0.25, 0.3) is 0 Å².